The first-order chi connectivity index (χ1) is 30.4. The Bertz CT molecular complexity index is 2120. The zero-order chi connectivity index (χ0) is 46.7. The number of nitrogens with one attached hydrogen (secondary N) is 1. The zero-order valence-electron chi connectivity index (χ0n) is 34.5. The van der Waals surface area contributed by atoms with Crippen LogP contribution in [0.25, 0.3) is 0 Å². The largest absolute Gasteiger partial charge is 0.497 e. The van der Waals surface area contributed by atoms with Gasteiger partial charge in [-0.1, -0.05) is 71.2 Å². The molecule has 2 aliphatic rings. The molecule has 5 rings (SSSR count). The van der Waals surface area contributed by atoms with E-state index >= 15 is 0 Å². The lowest BCUT2D eigenvalue weighted by molar-refractivity contribution is -0.332. The lowest BCUT2D eigenvalue weighted by atomic mass is 9.94. The molecule has 2 saturated heterocycles. The normalized spacial score (nSPS) is 25.3. The minimum absolute atomic E-state index is 0.00885. The van der Waals surface area contributed by atoms with Gasteiger partial charge in [-0.15, -0.1) is 0 Å². The van der Waals surface area contributed by atoms with Crippen LogP contribution in [0.2, 0.25) is 0 Å². The summed E-state index contributed by atoms with van der Waals surface area (Å²) in [6.07, 6.45) is -16.6. The van der Waals surface area contributed by atoms with Crippen LogP contribution in [0.1, 0.15) is 41.5 Å². The average Bonchev–Trinajstić information content (AvgIpc) is 3.26. The Morgan fingerprint density at radius 1 is 0.609 bits per heavy atom. The van der Waals surface area contributed by atoms with Crippen molar-refractivity contribution in [3.8, 4) is 11.5 Å². The quantitative estimate of drug-likeness (QED) is 0.130. The highest BCUT2D eigenvalue weighted by molar-refractivity contribution is 6.76. The first-order valence-corrected chi connectivity index (χ1v) is 20.3. The number of hydrogen-bond donors (Lipinski definition) is 1. The van der Waals surface area contributed by atoms with E-state index in [1.807, 2.05) is 0 Å². The fraction of sp³-hybridized carbons (Fsp3) is 0.405. The van der Waals surface area contributed by atoms with E-state index in [1.54, 1.807) is 48.5 Å². The van der Waals surface area contributed by atoms with Crippen LogP contribution < -0.4 is 14.8 Å². The van der Waals surface area contributed by atoms with Crippen molar-refractivity contribution in [2.24, 2.45) is 0 Å². The minimum Gasteiger partial charge on any atom is -0.497 e. The monoisotopic (exact) mass is 953 g/mol. The molecule has 22 heteroatoms. The fourth-order valence-corrected chi connectivity index (χ4v) is 6.66. The van der Waals surface area contributed by atoms with Gasteiger partial charge in [-0.25, -0.2) is 14.4 Å². The molecule has 3 aromatic carbocycles. The molecule has 10 atom stereocenters. The summed E-state index contributed by atoms with van der Waals surface area (Å²) in [6, 6.07) is 19.4. The van der Waals surface area contributed by atoms with E-state index in [0.717, 1.165) is 27.9 Å². The number of rotatable bonds is 15. The van der Waals surface area contributed by atoms with Crippen LogP contribution in [0.15, 0.2) is 84.9 Å². The van der Waals surface area contributed by atoms with Crippen molar-refractivity contribution in [2.75, 3.05) is 20.8 Å². The van der Waals surface area contributed by atoms with Gasteiger partial charge in [-0.3, -0.25) is 19.2 Å². The van der Waals surface area contributed by atoms with Crippen molar-refractivity contribution in [2.45, 2.75) is 85.9 Å². The molecule has 0 saturated carbocycles. The van der Waals surface area contributed by atoms with E-state index in [4.69, 9.17) is 86.9 Å². The Morgan fingerprint density at radius 2 is 1.14 bits per heavy atom. The third kappa shape index (κ3) is 13.0. The molecule has 0 aliphatic carbocycles. The highest BCUT2D eigenvalue weighted by atomic mass is 35.6. The summed E-state index contributed by atoms with van der Waals surface area (Å²) in [7, 11) is 2.45. The van der Waals surface area contributed by atoms with Crippen molar-refractivity contribution >= 4 is 76.5 Å². The molecule has 2 aliphatic heterocycles. The van der Waals surface area contributed by atoms with E-state index in [-0.39, 0.29) is 16.9 Å². The van der Waals surface area contributed by atoms with E-state index in [9.17, 15) is 33.6 Å². The van der Waals surface area contributed by atoms with Crippen LogP contribution in [0, 0.1) is 0 Å². The first kappa shape index (κ1) is 49.3. The van der Waals surface area contributed by atoms with Gasteiger partial charge in [0.15, 0.2) is 30.7 Å². The molecule has 1 N–H and O–H groups in total. The minimum atomic E-state index is -2.68. The fourth-order valence-electron chi connectivity index (χ4n) is 6.50. The number of carbonyl (C=O) groups is 7. The molecule has 344 valence electrons. The molecule has 0 aromatic heterocycles. The van der Waals surface area contributed by atoms with Gasteiger partial charge in [0, 0.05) is 20.8 Å². The van der Waals surface area contributed by atoms with Crippen LogP contribution >= 0.6 is 34.8 Å². The maximum atomic E-state index is 14.1. The number of hydrogen-bond acceptors (Lipinski definition) is 18. The Labute approximate surface area is 380 Å². The van der Waals surface area contributed by atoms with Gasteiger partial charge < -0.3 is 57.4 Å². The molecule has 2 fully saturated rings. The molecule has 0 spiro atoms. The van der Waals surface area contributed by atoms with Crippen LogP contribution in [0.5, 0.6) is 11.5 Å². The number of benzene rings is 3. The molecule has 0 bridgehead atoms. The number of alkyl halides is 3. The summed E-state index contributed by atoms with van der Waals surface area (Å²) < 4.78 is 61.1. The highest BCUT2D eigenvalue weighted by Gasteiger charge is 2.59. The third-order valence-corrected chi connectivity index (χ3v) is 9.81. The van der Waals surface area contributed by atoms with Gasteiger partial charge in [-0.05, 0) is 48.5 Å². The molecule has 1 amide bonds. The lowest BCUT2D eigenvalue weighted by Crippen LogP contribution is -2.70. The number of esters is 6. The second-order valence-corrected chi connectivity index (χ2v) is 16.1. The van der Waals surface area contributed by atoms with Crippen molar-refractivity contribution in [3.63, 3.8) is 0 Å². The highest BCUT2D eigenvalue weighted by Crippen LogP contribution is 2.37. The smallest absolute Gasteiger partial charge is 0.338 e. The van der Waals surface area contributed by atoms with Crippen molar-refractivity contribution in [3.05, 3.63) is 96.1 Å². The predicted octanol–water partition coefficient (Wildman–Crippen LogP) is 3.81. The van der Waals surface area contributed by atoms with Crippen LogP contribution in [-0.2, 0) is 66.6 Å². The van der Waals surface area contributed by atoms with Crippen molar-refractivity contribution in [1.29, 1.82) is 0 Å². The standard InChI is InChI=1S/C42H42Cl3NO18/c1-21(47)56-20-28-30(57-22(2)48)31(58-23(3)49)29(46-41(53)42(43,44)45)39(60-28)63-32-33(61-36(50)24-12-8-6-9-13-24)35(62-37(51)25-14-10-7-11-15-25)40(64-34(32)38(52)55-5)59-27-18-16-26(54-4)17-19-27/h6-19,28-35,39-40H,20H2,1-5H3,(H,46,53)/t28-,29-,30+,31-,32+,33+,34+,35-,39+,40-/m1/s1. The number of methoxy groups -OCH3 is 2. The van der Waals surface area contributed by atoms with Gasteiger partial charge in [0.05, 0.1) is 25.3 Å². The maximum Gasteiger partial charge on any atom is 0.338 e. The molecule has 0 radical (unpaired) electrons. The van der Waals surface area contributed by atoms with E-state index < -0.39 is 113 Å². The molecule has 64 heavy (non-hydrogen) atoms. The van der Waals surface area contributed by atoms with Crippen molar-refractivity contribution in [1.82, 2.24) is 5.32 Å². The van der Waals surface area contributed by atoms with Crippen LogP contribution in [-0.4, -0.2) is 128 Å². The van der Waals surface area contributed by atoms with Gasteiger partial charge in [0.1, 0.15) is 36.4 Å². The summed E-state index contributed by atoms with van der Waals surface area (Å²) in [5.74, 6) is -6.70. The number of amides is 1. The Balaban J connectivity index is 1.71. The van der Waals surface area contributed by atoms with Crippen LogP contribution in [0.4, 0.5) is 0 Å². The summed E-state index contributed by atoms with van der Waals surface area (Å²) >= 11 is 17.8. The maximum absolute atomic E-state index is 14.1. The molecule has 2 heterocycles. The summed E-state index contributed by atoms with van der Waals surface area (Å²) in [5.41, 5.74) is 0.0241. The van der Waals surface area contributed by atoms with Crippen LogP contribution in [0.3, 0.4) is 0 Å². The Hall–Kier alpha value is -5.70. The second-order valence-electron chi connectivity index (χ2n) is 13.8. The summed E-state index contributed by atoms with van der Waals surface area (Å²) in [6.45, 7) is 2.39. The third-order valence-electron chi connectivity index (χ3n) is 9.29. The molecular formula is C42H42Cl3NO18. The predicted molar refractivity (Wildman–Crippen MR) is 219 cm³/mol. The van der Waals surface area contributed by atoms with Gasteiger partial charge in [-0.2, -0.15) is 0 Å². The van der Waals surface area contributed by atoms with Gasteiger partial charge >= 0.3 is 35.8 Å². The molecule has 19 nitrogen and oxygen atoms in total. The number of ether oxygens (including phenoxy) is 11. The summed E-state index contributed by atoms with van der Waals surface area (Å²) in [5, 5.41) is 2.35. The van der Waals surface area contributed by atoms with Gasteiger partial charge in [0.2, 0.25) is 12.4 Å². The zero-order valence-corrected chi connectivity index (χ0v) is 36.8. The van der Waals surface area contributed by atoms with E-state index in [0.29, 0.717) is 5.75 Å². The lowest BCUT2D eigenvalue weighted by Gasteiger charge is -2.48. The van der Waals surface area contributed by atoms with Crippen molar-refractivity contribution < 1.29 is 85.7 Å². The Kier molecular flexibility index (Phi) is 17.2. The second kappa shape index (κ2) is 22.3. The Morgan fingerprint density at radius 3 is 1.64 bits per heavy atom. The van der Waals surface area contributed by atoms with Gasteiger partial charge in [0.25, 0.3) is 9.70 Å². The first-order valence-electron chi connectivity index (χ1n) is 19.1. The SMILES string of the molecule is COC(=O)[C@H]1O[C@@H](Oc2ccc(OC)cc2)[C@H](OC(=O)c2ccccc2)[C@@H](OC(=O)c2ccccc2)[C@@H]1O[C@@H]1O[C@H](COC(C)=O)[C@H](OC(C)=O)[C@H](OC(C)=O)[C@H]1NC(=O)C(Cl)(Cl)Cl. The van der Waals surface area contributed by atoms with E-state index in [2.05, 4.69) is 5.32 Å². The topological polar surface area (TPSA) is 233 Å². The number of halogens is 3. The number of carbonyl (C=O) groups excluding carboxylic acids is 7. The van der Waals surface area contributed by atoms with E-state index in [1.165, 1.54) is 43.5 Å². The summed E-state index contributed by atoms with van der Waals surface area (Å²) in [4.78, 5) is 92.4. The molecule has 0 unspecified atom stereocenters. The molecule has 3 aromatic rings. The molecular weight excluding hydrogens is 913 g/mol. The average molecular weight is 955 g/mol.